The molecule has 1 rings (SSSR count). The summed E-state index contributed by atoms with van der Waals surface area (Å²) in [6.45, 7) is 0. The molecule has 0 aromatic heterocycles. The molecule has 0 aliphatic heterocycles. The fraction of sp³-hybridized carbons (Fsp3) is 0.273. The van der Waals surface area contributed by atoms with Gasteiger partial charge < -0.3 is 10.4 Å². The summed E-state index contributed by atoms with van der Waals surface area (Å²) in [6.07, 6.45) is -5.70. The number of alkyl halides is 3. The van der Waals surface area contributed by atoms with Crippen LogP contribution in [-0.4, -0.2) is 17.0 Å². The molecule has 0 atom stereocenters. The van der Waals surface area contributed by atoms with Gasteiger partial charge in [-0.3, -0.25) is 9.59 Å². The lowest BCUT2D eigenvalue weighted by Crippen LogP contribution is -2.15. The summed E-state index contributed by atoms with van der Waals surface area (Å²) < 4.78 is 50.1. The molecule has 0 heterocycles. The number of aliphatic carboxylic acids is 1. The van der Waals surface area contributed by atoms with Crippen LogP contribution in [0.25, 0.3) is 0 Å². The number of anilines is 1. The minimum atomic E-state index is -4.87. The van der Waals surface area contributed by atoms with E-state index in [9.17, 15) is 27.2 Å². The van der Waals surface area contributed by atoms with Crippen LogP contribution in [-0.2, 0) is 15.8 Å². The molecule has 0 saturated heterocycles. The van der Waals surface area contributed by atoms with Crippen molar-refractivity contribution in [1.82, 2.24) is 0 Å². The minimum Gasteiger partial charge on any atom is -0.481 e. The standard InChI is InChI=1S/C11H9F4NO3/c12-8-2-1-6(5-7(8)11(13,14)15)16-9(17)3-4-10(18)19/h1-2,5H,3-4H2,(H,16,17)(H,18,19). The number of hydrogen-bond donors (Lipinski definition) is 2. The second-order valence-corrected chi connectivity index (χ2v) is 3.63. The Labute approximate surface area is 105 Å². The van der Waals surface area contributed by atoms with Gasteiger partial charge in [-0.15, -0.1) is 0 Å². The Morgan fingerprint density at radius 1 is 1.21 bits per heavy atom. The predicted molar refractivity (Wildman–Crippen MR) is 56.9 cm³/mol. The van der Waals surface area contributed by atoms with Crippen molar-refractivity contribution in [3.8, 4) is 0 Å². The van der Waals surface area contributed by atoms with Crippen LogP contribution >= 0.6 is 0 Å². The number of benzene rings is 1. The number of rotatable bonds is 4. The van der Waals surface area contributed by atoms with Gasteiger partial charge >= 0.3 is 12.1 Å². The number of carbonyl (C=O) groups excluding carboxylic acids is 1. The van der Waals surface area contributed by atoms with E-state index in [1.54, 1.807) is 0 Å². The number of halogens is 4. The van der Waals surface area contributed by atoms with Crippen LogP contribution in [0.15, 0.2) is 18.2 Å². The van der Waals surface area contributed by atoms with E-state index in [0.717, 1.165) is 6.07 Å². The van der Waals surface area contributed by atoms with Crippen molar-refractivity contribution >= 4 is 17.6 Å². The molecule has 8 heteroatoms. The second kappa shape index (κ2) is 5.68. The van der Waals surface area contributed by atoms with Crippen LogP contribution in [0, 0.1) is 5.82 Å². The largest absolute Gasteiger partial charge is 0.481 e. The third-order valence-electron chi connectivity index (χ3n) is 2.12. The van der Waals surface area contributed by atoms with E-state index in [1.807, 2.05) is 0 Å². The van der Waals surface area contributed by atoms with E-state index in [1.165, 1.54) is 0 Å². The lowest BCUT2D eigenvalue weighted by Gasteiger charge is -2.10. The highest BCUT2D eigenvalue weighted by Crippen LogP contribution is 2.32. The predicted octanol–water partition coefficient (Wildman–Crippen LogP) is 2.65. The molecular weight excluding hydrogens is 270 g/mol. The molecule has 0 unspecified atom stereocenters. The van der Waals surface area contributed by atoms with Gasteiger partial charge in [0.05, 0.1) is 12.0 Å². The Hall–Kier alpha value is -2.12. The molecule has 0 aliphatic carbocycles. The average molecular weight is 279 g/mol. The molecule has 0 fully saturated rings. The van der Waals surface area contributed by atoms with Crippen molar-refractivity contribution in [2.75, 3.05) is 5.32 Å². The summed E-state index contributed by atoms with van der Waals surface area (Å²) in [7, 11) is 0. The zero-order valence-electron chi connectivity index (χ0n) is 9.42. The first-order valence-corrected chi connectivity index (χ1v) is 5.08. The number of hydrogen-bond acceptors (Lipinski definition) is 2. The molecule has 2 N–H and O–H groups in total. The lowest BCUT2D eigenvalue weighted by molar-refractivity contribution is -0.140. The molecule has 1 aromatic rings. The summed E-state index contributed by atoms with van der Waals surface area (Å²) in [5.41, 5.74) is -1.74. The van der Waals surface area contributed by atoms with Crippen LogP contribution in [0.1, 0.15) is 18.4 Å². The lowest BCUT2D eigenvalue weighted by atomic mass is 10.1. The maximum Gasteiger partial charge on any atom is 0.419 e. The Morgan fingerprint density at radius 2 is 1.84 bits per heavy atom. The number of amides is 1. The van der Waals surface area contributed by atoms with E-state index in [4.69, 9.17) is 5.11 Å². The highest BCUT2D eigenvalue weighted by molar-refractivity contribution is 5.92. The van der Waals surface area contributed by atoms with E-state index in [2.05, 4.69) is 5.32 Å². The summed E-state index contributed by atoms with van der Waals surface area (Å²) in [5, 5.41) is 10.4. The number of carboxylic acids is 1. The van der Waals surface area contributed by atoms with Gasteiger partial charge in [0.1, 0.15) is 5.82 Å². The molecule has 0 spiro atoms. The van der Waals surface area contributed by atoms with Gasteiger partial charge in [-0.25, -0.2) is 4.39 Å². The highest BCUT2D eigenvalue weighted by atomic mass is 19.4. The maximum atomic E-state index is 12.9. The van der Waals surface area contributed by atoms with Gasteiger partial charge in [-0.05, 0) is 18.2 Å². The molecule has 1 aromatic carbocycles. The smallest absolute Gasteiger partial charge is 0.419 e. The van der Waals surface area contributed by atoms with Crippen molar-refractivity contribution in [3.63, 3.8) is 0 Å². The molecule has 1 amide bonds. The molecule has 0 bridgehead atoms. The highest BCUT2D eigenvalue weighted by Gasteiger charge is 2.34. The fourth-order valence-electron chi connectivity index (χ4n) is 1.26. The molecule has 4 nitrogen and oxygen atoms in total. The van der Waals surface area contributed by atoms with Gasteiger partial charge in [-0.2, -0.15) is 13.2 Å². The van der Waals surface area contributed by atoms with E-state index < -0.39 is 35.9 Å². The monoisotopic (exact) mass is 279 g/mol. The minimum absolute atomic E-state index is 0.246. The van der Waals surface area contributed by atoms with Gasteiger partial charge in [0, 0.05) is 12.1 Å². The van der Waals surface area contributed by atoms with Gasteiger partial charge in [0.2, 0.25) is 5.91 Å². The fourth-order valence-corrected chi connectivity index (χ4v) is 1.26. The van der Waals surface area contributed by atoms with Crippen LogP contribution < -0.4 is 5.32 Å². The van der Waals surface area contributed by atoms with Crippen molar-refractivity contribution in [2.24, 2.45) is 0 Å². The van der Waals surface area contributed by atoms with Crippen LogP contribution in [0.5, 0.6) is 0 Å². The zero-order valence-corrected chi connectivity index (χ0v) is 9.42. The Balaban J connectivity index is 2.80. The van der Waals surface area contributed by atoms with Crippen molar-refractivity contribution in [2.45, 2.75) is 19.0 Å². The molecule has 0 radical (unpaired) electrons. The summed E-state index contributed by atoms with van der Waals surface area (Å²) in [5.74, 6) is -3.41. The van der Waals surface area contributed by atoms with E-state index >= 15 is 0 Å². The summed E-state index contributed by atoms with van der Waals surface area (Å²) in [6, 6.07) is 1.99. The normalized spacial score (nSPS) is 11.2. The topological polar surface area (TPSA) is 66.4 Å². The molecule has 0 saturated carbocycles. The Kier molecular flexibility index (Phi) is 4.47. The number of nitrogens with one attached hydrogen (secondary N) is 1. The number of carboxylic acid groups (broad SMARTS) is 1. The molecule has 104 valence electrons. The van der Waals surface area contributed by atoms with Gasteiger partial charge in [0.25, 0.3) is 0 Å². The van der Waals surface area contributed by atoms with Crippen molar-refractivity contribution in [1.29, 1.82) is 0 Å². The van der Waals surface area contributed by atoms with E-state index in [-0.39, 0.29) is 12.1 Å². The van der Waals surface area contributed by atoms with Gasteiger partial charge in [-0.1, -0.05) is 0 Å². The van der Waals surface area contributed by atoms with Crippen molar-refractivity contribution < 1.29 is 32.3 Å². The SMILES string of the molecule is O=C(O)CCC(=O)Nc1ccc(F)c(C(F)(F)F)c1. The van der Waals surface area contributed by atoms with Crippen LogP contribution in [0.2, 0.25) is 0 Å². The second-order valence-electron chi connectivity index (χ2n) is 3.63. The first-order chi connectivity index (χ1) is 8.70. The van der Waals surface area contributed by atoms with Gasteiger partial charge in [0.15, 0.2) is 0 Å². The quantitative estimate of drug-likeness (QED) is 0.833. The maximum absolute atomic E-state index is 12.9. The van der Waals surface area contributed by atoms with Crippen LogP contribution in [0.3, 0.4) is 0 Å². The molecule has 0 aliphatic rings. The van der Waals surface area contributed by atoms with Crippen molar-refractivity contribution in [3.05, 3.63) is 29.6 Å². The third-order valence-corrected chi connectivity index (χ3v) is 2.12. The zero-order chi connectivity index (χ0) is 14.6. The van der Waals surface area contributed by atoms with Crippen LogP contribution in [0.4, 0.5) is 23.2 Å². The summed E-state index contributed by atoms with van der Waals surface area (Å²) in [4.78, 5) is 21.4. The first-order valence-electron chi connectivity index (χ1n) is 5.08. The third kappa shape index (κ3) is 4.57. The summed E-state index contributed by atoms with van der Waals surface area (Å²) >= 11 is 0. The van der Waals surface area contributed by atoms with E-state index in [0.29, 0.717) is 12.1 Å². The Bertz CT molecular complexity index is 499. The first kappa shape index (κ1) is 14.9. The molecule has 19 heavy (non-hydrogen) atoms. The number of carbonyl (C=O) groups is 2. The average Bonchev–Trinajstić information content (AvgIpc) is 2.27. The Morgan fingerprint density at radius 3 is 2.37 bits per heavy atom. The molecular formula is C11H9F4NO3.